The van der Waals surface area contributed by atoms with Gasteiger partial charge in [0.2, 0.25) is 0 Å². The molecule has 0 atom stereocenters. The predicted molar refractivity (Wildman–Crippen MR) is 76.3 cm³/mol. The molecule has 5 heteroatoms. The van der Waals surface area contributed by atoms with Gasteiger partial charge in [-0.25, -0.2) is 0 Å². The van der Waals surface area contributed by atoms with Crippen molar-refractivity contribution in [2.75, 3.05) is 11.9 Å². The SMILES string of the molecule is CCCNc1ccc(-c2ccc(Cl)cc2Cl)nn1. The van der Waals surface area contributed by atoms with Gasteiger partial charge in [0.25, 0.3) is 0 Å². The average Bonchev–Trinajstić information content (AvgIpc) is 2.37. The van der Waals surface area contributed by atoms with Gasteiger partial charge in [0.05, 0.1) is 10.7 Å². The third-order valence-corrected chi connectivity index (χ3v) is 2.98. The standard InChI is InChI=1S/C13H13Cl2N3/c1-2-7-16-13-6-5-12(17-18-13)10-4-3-9(14)8-11(10)15/h3-6,8H,2,7H2,1H3,(H,16,18). The lowest BCUT2D eigenvalue weighted by atomic mass is 10.1. The zero-order valence-electron chi connectivity index (χ0n) is 9.95. The largest absolute Gasteiger partial charge is 0.369 e. The smallest absolute Gasteiger partial charge is 0.148 e. The first-order valence-electron chi connectivity index (χ1n) is 5.73. The van der Waals surface area contributed by atoms with Gasteiger partial charge in [-0.2, -0.15) is 0 Å². The van der Waals surface area contributed by atoms with Crippen molar-refractivity contribution in [3.8, 4) is 11.3 Å². The summed E-state index contributed by atoms with van der Waals surface area (Å²) in [6, 6.07) is 9.11. The third-order valence-electron chi connectivity index (χ3n) is 2.43. The highest BCUT2D eigenvalue weighted by Gasteiger charge is 2.06. The van der Waals surface area contributed by atoms with Gasteiger partial charge >= 0.3 is 0 Å². The number of nitrogens with one attached hydrogen (secondary N) is 1. The van der Waals surface area contributed by atoms with Crippen LogP contribution >= 0.6 is 23.2 Å². The first-order valence-corrected chi connectivity index (χ1v) is 6.49. The second-order valence-electron chi connectivity index (χ2n) is 3.85. The quantitative estimate of drug-likeness (QED) is 0.909. The fourth-order valence-corrected chi connectivity index (χ4v) is 2.03. The number of rotatable bonds is 4. The van der Waals surface area contributed by atoms with E-state index in [2.05, 4.69) is 22.4 Å². The lowest BCUT2D eigenvalue weighted by Gasteiger charge is -2.05. The Morgan fingerprint density at radius 1 is 1.11 bits per heavy atom. The molecule has 1 aromatic heterocycles. The molecule has 0 radical (unpaired) electrons. The Kier molecular flexibility index (Phi) is 4.39. The van der Waals surface area contributed by atoms with Crippen molar-refractivity contribution in [3.63, 3.8) is 0 Å². The van der Waals surface area contributed by atoms with Crippen LogP contribution < -0.4 is 5.32 Å². The molecule has 0 spiro atoms. The fraction of sp³-hybridized carbons (Fsp3) is 0.231. The molecule has 2 aromatic rings. The number of hydrogen-bond donors (Lipinski definition) is 1. The van der Waals surface area contributed by atoms with Gasteiger partial charge in [-0.15, -0.1) is 10.2 Å². The van der Waals surface area contributed by atoms with Gasteiger partial charge in [-0.1, -0.05) is 30.1 Å². The van der Waals surface area contributed by atoms with Crippen LogP contribution in [0.25, 0.3) is 11.3 Å². The van der Waals surface area contributed by atoms with Gasteiger partial charge in [0.15, 0.2) is 0 Å². The predicted octanol–water partition coefficient (Wildman–Crippen LogP) is 4.27. The van der Waals surface area contributed by atoms with Crippen molar-refractivity contribution in [2.24, 2.45) is 0 Å². The second kappa shape index (κ2) is 6.03. The third kappa shape index (κ3) is 3.12. The summed E-state index contributed by atoms with van der Waals surface area (Å²) in [5.41, 5.74) is 1.56. The Bertz CT molecular complexity index is 526. The minimum atomic E-state index is 0.575. The van der Waals surface area contributed by atoms with Gasteiger partial charge < -0.3 is 5.32 Å². The highest BCUT2D eigenvalue weighted by atomic mass is 35.5. The second-order valence-corrected chi connectivity index (χ2v) is 4.70. The lowest BCUT2D eigenvalue weighted by Crippen LogP contribution is -2.02. The maximum absolute atomic E-state index is 6.12. The van der Waals surface area contributed by atoms with Crippen LogP contribution in [0, 0.1) is 0 Å². The zero-order chi connectivity index (χ0) is 13.0. The van der Waals surface area contributed by atoms with Crippen LogP contribution in [-0.4, -0.2) is 16.7 Å². The summed E-state index contributed by atoms with van der Waals surface area (Å²) in [6.45, 7) is 2.98. The number of aromatic nitrogens is 2. The minimum absolute atomic E-state index is 0.575. The number of nitrogens with zero attached hydrogens (tertiary/aromatic N) is 2. The summed E-state index contributed by atoms with van der Waals surface area (Å²) in [6.07, 6.45) is 1.05. The van der Waals surface area contributed by atoms with Crippen LogP contribution in [0.1, 0.15) is 13.3 Å². The molecule has 0 aliphatic rings. The molecule has 0 fully saturated rings. The van der Waals surface area contributed by atoms with Crippen LogP contribution in [0.5, 0.6) is 0 Å². The van der Waals surface area contributed by atoms with E-state index in [1.54, 1.807) is 12.1 Å². The Balaban J connectivity index is 2.23. The molecule has 2 rings (SSSR count). The Morgan fingerprint density at radius 3 is 2.56 bits per heavy atom. The van der Waals surface area contributed by atoms with E-state index in [0.717, 1.165) is 30.0 Å². The number of anilines is 1. The molecule has 0 amide bonds. The van der Waals surface area contributed by atoms with Gasteiger partial charge in [0.1, 0.15) is 5.82 Å². The van der Waals surface area contributed by atoms with Crippen LogP contribution in [0.3, 0.4) is 0 Å². The van der Waals surface area contributed by atoms with Crippen molar-refractivity contribution in [3.05, 3.63) is 40.4 Å². The van der Waals surface area contributed by atoms with Crippen molar-refractivity contribution in [2.45, 2.75) is 13.3 Å². The molecular weight excluding hydrogens is 269 g/mol. The van der Waals surface area contributed by atoms with Crippen LogP contribution in [0.15, 0.2) is 30.3 Å². The van der Waals surface area contributed by atoms with E-state index in [1.807, 2.05) is 18.2 Å². The minimum Gasteiger partial charge on any atom is -0.369 e. The fourth-order valence-electron chi connectivity index (χ4n) is 1.52. The molecule has 0 saturated heterocycles. The summed E-state index contributed by atoms with van der Waals surface area (Å²) in [5.74, 6) is 0.769. The zero-order valence-corrected chi connectivity index (χ0v) is 11.5. The van der Waals surface area contributed by atoms with Crippen LogP contribution in [0.2, 0.25) is 10.0 Å². The van der Waals surface area contributed by atoms with E-state index in [-0.39, 0.29) is 0 Å². The van der Waals surface area contributed by atoms with E-state index in [1.165, 1.54) is 0 Å². The molecule has 1 N–H and O–H groups in total. The van der Waals surface area contributed by atoms with E-state index in [0.29, 0.717) is 10.0 Å². The topological polar surface area (TPSA) is 37.8 Å². The first kappa shape index (κ1) is 13.1. The molecule has 0 unspecified atom stereocenters. The van der Waals surface area contributed by atoms with Gasteiger partial charge in [-0.05, 0) is 36.8 Å². The molecule has 18 heavy (non-hydrogen) atoms. The van der Waals surface area contributed by atoms with Crippen molar-refractivity contribution >= 4 is 29.0 Å². The summed E-state index contributed by atoms with van der Waals surface area (Å²) >= 11 is 12.0. The van der Waals surface area contributed by atoms with Crippen molar-refractivity contribution < 1.29 is 0 Å². The normalized spacial score (nSPS) is 10.4. The van der Waals surface area contributed by atoms with Crippen LogP contribution in [0.4, 0.5) is 5.82 Å². The number of benzene rings is 1. The van der Waals surface area contributed by atoms with Gasteiger partial charge in [0, 0.05) is 17.1 Å². The Morgan fingerprint density at radius 2 is 1.94 bits per heavy atom. The molecule has 3 nitrogen and oxygen atoms in total. The molecule has 94 valence electrons. The Labute approximate surface area is 116 Å². The summed E-state index contributed by atoms with van der Waals surface area (Å²) in [4.78, 5) is 0. The van der Waals surface area contributed by atoms with Gasteiger partial charge in [-0.3, -0.25) is 0 Å². The maximum Gasteiger partial charge on any atom is 0.148 e. The molecule has 0 aliphatic heterocycles. The number of hydrogen-bond acceptors (Lipinski definition) is 3. The van der Waals surface area contributed by atoms with Crippen LogP contribution in [-0.2, 0) is 0 Å². The van der Waals surface area contributed by atoms with E-state index >= 15 is 0 Å². The molecular formula is C13H13Cl2N3. The first-order chi connectivity index (χ1) is 8.70. The van der Waals surface area contributed by atoms with Crippen molar-refractivity contribution in [1.29, 1.82) is 0 Å². The summed E-state index contributed by atoms with van der Waals surface area (Å²) in [7, 11) is 0. The summed E-state index contributed by atoms with van der Waals surface area (Å²) < 4.78 is 0. The van der Waals surface area contributed by atoms with E-state index < -0.39 is 0 Å². The van der Waals surface area contributed by atoms with E-state index in [4.69, 9.17) is 23.2 Å². The highest BCUT2D eigenvalue weighted by Crippen LogP contribution is 2.28. The van der Waals surface area contributed by atoms with Crippen molar-refractivity contribution in [1.82, 2.24) is 10.2 Å². The molecule has 1 heterocycles. The number of halogens is 2. The molecule has 0 bridgehead atoms. The molecule has 1 aromatic carbocycles. The highest BCUT2D eigenvalue weighted by molar-refractivity contribution is 6.36. The average molecular weight is 282 g/mol. The van der Waals surface area contributed by atoms with E-state index in [9.17, 15) is 0 Å². The summed E-state index contributed by atoms with van der Waals surface area (Å²) in [5, 5.41) is 12.6. The maximum atomic E-state index is 6.12. The molecule has 0 saturated carbocycles. The molecule has 0 aliphatic carbocycles. The lowest BCUT2D eigenvalue weighted by molar-refractivity contribution is 0.945. The Hall–Kier alpha value is -1.32. The monoisotopic (exact) mass is 281 g/mol.